The fourth-order valence-electron chi connectivity index (χ4n) is 2.41. The van der Waals surface area contributed by atoms with Gasteiger partial charge in [0.05, 0.1) is 6.54 Å². The van der Waals surface area contributed by atoms with Crippen LogP contribution in [0.5, 0.6) is 0 Å². The lowest BCUT2D eigenvalue weighted by molar-refractivity contribution is 0.108. The molecule has 0 amide bonds. The first kappa shape index (κ1) is 10.6. The van der Waals surface area contributed by atoms with Crippen LogP contribution in [0.15, 0.2) is 0 Å². The van der Waals surface area contributed by atoms with Crippen molar-refractivity contribution in [2.24, 2.45) is 5.92 Å². The highest BCUT2D eigenvalue weighted by Gasteiger charge is 2.26. The van der Waals surface area contributed by atoms with E-state index >= 15 is 0 Å². The summed E-state index contributed by atoms with van der Waals surface area (Å²) >= 11 is 0. The fraction of sp³-hybridized carbons (Fsp3) is 0.833. The molecular weight excluding hydrogens is 158 g/mol. The molecule has 0 aromatic carbocycles. The summed E-state index contributed by atoms with van der Waals surface area (Å²) in [5, 5.41) is 0. The second-order valence-corrected chi connectivity index (χ2v) is 4.15. The maximum atomic E-state index is 5.37. The van der Waals surface area contributed by atoms with E-state index in [2.05, 4.69) is 24.7 Å². The molecule has 0 aromatic rings. The van der Waals surface area contributed by atoms with Gasteiger partial charge >= 0.3 is 0 Å². The van der Waals surface area contributed by atoms with Crippen molar-refractivity contribution in [3.63, 3.8) is 0 Å². The minimum Gasteiger partial charge on any atom is -0.289 e. The quantitative estimate of drug-likeness (QED) is 0.602. The molecule has 1 heterocycles. The SMILES string of the molecule is C#CCN1CCCC(C)C1CCC. The van der Waals surface area contributed by atoms with Gasteiger partial charge in [0, 0.05) is 6.04 Å². The Bertz CT molecular complexity index is 180. The number of piperidine rings is 1. The van der Waals surface area contributed by atoms with Gasteiger partial charge in [0.1, 0.15) is 0 Å². The molecule has 1 nitrogen and oxygen atoms in total. The molecule has 2 atom stereocenters. The van der Waals surface area contributed by atoms with E-state index < -0.39 is 0 Å². The van der Waals surface area contributed by atoms with Gasteiger partial charge in [-0.3, -0.25) is 4.90 Å². The summed E-state index contributed by atoms with van der Waals surface area (Å²) in [7, 11) is 0. The molecule has 0 radical (unpaired) electrons. The monoisotopic (exact) mass is 179 g/mol. The first-order valence-corrected chi connectivity index (χ1v) is 5.47. The molecule has 0 spiro atoms. The predicted molar refractivity (Wildman–Crippen MR) is 57.5 cm³/mol. The zero-order valence-corrected chi connectivity index (χ0v) is 8.92. The van der Waals surface area contributed by atoms with Gasteiger partial charge in [-0.05, 0) is 31.7 Å². The summed E-state index contributed by atoms with van der Waals surface area (Å²) in [6.07, 6.45) is 10.7. The van der Waals surface area contributed by atoms with E-state index in [1.54, 1.807) is 0 Å². The molecule has 0 N–H and O–H groups in total. The van der Waals surface area contributed by atoms with Crippen LogP contribution in [0, 0.1) is 18.3 Å². The largest absolute Gasteiger partial charge is 0.289 e. The highest BCUT2D eigenvalue weighted by atomic mass is 15.2. The van der Waals surface area contributed by atoms with Crippen molar-refractivity contribution in [1.29, 1.82) is 0 Å². The summed E-state index contributed by atoms with van der Waals surface area (Å²) in [4.78, 5) is 2.48. The van der Waals surface area contributed by atoms with Gasteiger partial charge in [-0.1, -0.05) is 26.2 Å². The highest BCUT2D eigenvalue weighted by Crippen LogP contribution is 2.25. The van der Waals surface area contributed by atoms with Crippen LogP contribution in [0.2, 0.25) is 0 Å². The molecule has 0 bridgehead atoms. The summed E-state index contributed by atoms with van der Waals surface area (Å²) < 4.78 is 0. The second kappa shape index (κ2) is 5.29. The van der Waals surface area contributed by atoms with Crippen molar-refractivity contribution in [2.75, 3.05) is 13.1 Å². The molecule has 13 heavy (non-hydrogen) atoms. The molecule has 1 rings (SSSR count). The van der Waals surface area contributed by atoms with Crippen LogP contribution < -0.4 is 0 Å². The van der Waals surface area contributed by atoms with Crippen LogP contribution in [0.25, 0.3) is 0 Å². The first-order chi connectivity index (χ1) is 6.29. The van der Waals surface area contributed by atoms with Crippen LogP contribution >= 0.6 is 0 Å². The summed E-state index contributed by atoms with van der Waals surface area (Å²) in [5.74, 6) is 3.61. The molecule has 1 fully saturated rings. The van der Waals surface area contributed by atoms with Crippen LogP contribution in [-0.2, 0) is 0 Å². The Hall–Kier alpha value is -0.480. The van der Waals surface area contributed by atoms with Gasteiger partial charge in [0.25, 0.3) is 0 Å². The van der Waals surface area contributed by atoms with Gasteiger partial charge < -0.3 is 0 Å². The normalized spacial score (nSPS) is 29.9. The second-order valence-electron chi connectivity index (χ2n) is 4.15. The van der Waals surface area contributed by atoms with Crippen molar-refractivity contribution in [3.8, 4) is 12.3 Å². The molecule has 0 saturated carbocycles. The number of rotatable bonds is 3. The van der Waals surface area contributed by atoms with Crippen molar-refractivity contribution in [3.05, 3.63) is 0 Å². The third-order valence-electron chi connectivity index (χ3n) is 3.11. The molecule has 0 aromatic heterocycles. The first-order valence-electron chi connectivity index (χ1n) is 5.47. The van der Waals surface area contributed by atoms with Gasteiger partial charge in [-0.25, -0.2) is 0 Å². The fourth-order valence-corrected chi connectivity index (χ4v) is 2.41. The summed E-state index contributed by atoms with van der Waals surface area (Å²) in [6, 6.07) is 0.745. The summed E-state index contributed by atoms with van der Waals surface area (Å²) in [6.45, 7) is 6.67. The van der Waals surface area contributed by atoms with Crippen molar-refractivity contribution >= 4 is 0 Å². The molecular formula is C12H21N. The minimum absolute atomic E-state index is 0.745. The average molecular weight is 179 g/mol. The predicted octanol–water partition coefficient (Wildman–Crippen LogP) is 2.52. The number of hydrogen-bond acceptors (Lipinski definition) is 1. The van der Waals surface area contributed by atoms with Crippen LogP contribution in [0.4, 0.5) is 0 Å². The molecule has 1 saturated heterocycles. The molecule has 1 aliphatic heterocycles. The number of nitrogens with zero attached hydrogens (tertiary/aromatic N) is 1. The number of likely N-dealkylation sites (tertiary alicyclic amines) is 1. The summed E-state index contributed by atoms with van der Waals surface area (Å²) in [5.41, 5.74) is 0. The lowest BCUT2D eigenvalue weighted by Crippen LogP contribution is -2.44. The lowest BCUT2D eigenvalue weighted by atomic mass is 9.88. The maximum absolute atomic E-state index is 5.37. The van der Waals surface area contributed by atoms with E-state index in [0.717, 1.165) is 18.5 Å². The Morgan fingerprint density at radius 3 is 2.92 bits per heavy atom. The highest BCUT2D eigenvalue weighted by molar-refractivity contribution is 4.93. The van der Waals surface area contributed by atoms with Gasteiger partial charge in [0.2, 0.25) is 0 Å². The van der Waals surface area contributed by atoms with Gasteiger partial charge in [0.15, 0.2) is 0 Å². The third kappa shape index (κ3) is 2.74. The van der Waals surface area contributed by atoms with E-state index in [1.165, 1.54) is 32.2 Å². The Morgan fingerprint density at radius 1 is 1.54 bits per heavy atom. The van der Waals surface area contributed by atoms with E-state index in [4.69, 9.17) is 6.42 Å². The lowest BCUT2D eigenvalue weighted by Gasteiger charge is -2.39. The standard InChI is InChI=1S/C12H21N/c1-4-7-12-11(3)8-6-10-13(12)9-5-2/h2,11-12H,4,6-10H2,1,3H3. The third-order valence-corrected chi connectivity index (χ3v) is 3.11. The van der Waals surface area contributed by atoms with Crippen LogP contribution in [0.3, 0.4) is 0 Å². The van der Waals surface area contributed by atoms with Gasteiger partial charge in [-0.15, -0.1) is 6.42 Å². The Kier molecular flexibility index (Phi) is 4.32. The Balaban J connectivity index is 2.52. The van der Waals surface area contributed by atoms with E-state index in [1.807, 2.05) is 0 Å². The number of hydrogen-bond donors (Lipinski definition) is 0. The van der Waals surface area contributed by atoms with Crippen molar-refractivity contribution < 1.29 is 0 Å². The van der Waals surface area contributed by atoms with E-state index in [0.29, 0.717) is 0 Å². The molecule has 74 valence electrons. The number of terminal acetylenes is 1. The zero-order valence-electron chi connectivity index (χ0n) is 8.92. The smallest absolute Gasteiger partial charge is 0.0601 e. The minimum atomic E-state index is 0.745. The van der Waals surface area contributed by atoms with Crippen molar-refractivity contribution in [1.82, 2.24) is 4.90 Å². The Morgan fingerprint density at radius 2 is 2.31 bits per heavy atom. The van der Waals surface area contributed by atoms with Crippen LogP contribution in [0.1, 0.15) is 39.5 Å². The maximum Gasteiger partial charge on any atom is 0.0601 e. The average Bonchev–Trinajstić information content (AvgIpc) is 2.11. The van der Waals surface area contributed by atoms with Gasteiger partial charge in [-0.2, -0.15) is 0 Å². The molecule has 1 heteroatoms. The topological polar surface area (TPSA) is 3.24 Å². The van der Waals surface area contributed by atoms with E-state index in [-0.39, 0.29) is 0 Å². The molecule has 1 aliphatic rings. The van der Waals surface area contributed by atoms with Crippen molar-refractivity contribution in [2.45, 2.75) is 45.6 Å². The molecule has 2 unspecified atom stereocenters. The zero-order chi connectivity index (χ0) is 9.68. The molecule has 0 aliphatic carbocycles. The van der Waals surface area contributed by atoms with Crippen LogP contribution in [-0.4, -0.2) is 24.0 Å². The Labute approximate surface area is 82.5 Å². The van der Waals surface area contributed by atoms with E-state index in [9.17, 15) is 0 Å².